The molecule has 0 aliphatic rings. The predicted molar refractivity (Wildman–Crippen MR) is 70.6 cm³/mol. The van der Waals surface area contributed by atoms with Crippen LogP contribution in [0.2, 0.25) is 0 Å². The van der Waals surface area contributed by atoms with E-state index in [0.29, 0.717) is 17.0 Å². The molecule has 0 aliphatic heterocycles. The van der Waals surface area contributed by atoms with Gasteiger partial charge in [-0.2, -0.15) is 0 Å². The van der Waals surface area contributed by atoms with Crippen molar-refractivity contribution in [3.8, 4) is 5.75 Å². The van der Waals surface area contributed by atoms with Crippen LogP contribution in [0.4, 0.5) is 5.69 Å². The van der Waals surface area contributed by atoms with Gasteiger partial charge in [0.15, 0.2) is 0 Å². The number of aliphatic hydroxyl groups is 1. The predicted octanol–water partition coefficient (Wildman–Crippen LogP) is 1.02. The van der Waals surface area contributed by atoms with Gasteiger partial charge >= 0.3 is 0 Å². The molecule has 5 heteroatoms. The zero-order chi connectivity index (χ0) is 13.7. The van der Waals surface area contributed by atoms with Gasteiger partial charge in [0, 0.05) is 5.69 Å². The third kappa shape index (κ3) is 3.37. The molecule has 0 fully saturated rings. The van der Waals surface area contributed by atoms with E-state index in [1.165, 1.54) is 7.11 Å². The van der Waals surface area contributed by atoms with Crippen molar-refractivity contribution in [2.45, 2.75) is 19.9 Å². The number of carbonyl (C=O) groups is 1. The molecule has 1 rings (SSSR count). The number of aliphatic hydroxyl groups excluding tert-OH is 1. The Labute approximate surface area is 107 Å². The Bertz CT molecular complexity index is 419. The van der Waals surface area contributed by atoms with Gasteiger partial charge in [0.25, 0.3) is 5.91 Å². The van der Waals surface area contributed by atoms with E-state index >= 15 is 0 Å². The van der Waals surface area contributed by atoms with E-state index in [4.69, 9.17) is 10.5 Å². The minimum atomic E-state index is -0.299. The summed E-state index contributed by atoms with van der Waals surface area (Å²) in [6.45, 7) is 3.75. The summed E-state index contributed by atoms with van der Waals surface area (Å²) in [5.41, 5.74) is 6.52. The molecule has 0 saturated carbocycles. The second-order valence-corrected chi connectivity index (χ2v) is 4.47. The van der Waals surface area contributed by atoms with Crippen LogP contribution in [0, 0.1) is 5.92 Å². The number of ether oxygens (including phenoxy) is 1. The summed E-state index contributed by atoms with van der Waals surface area (Å²) in [6, 6.07) is 4.58. The minimum Gasteiger partial charge on any atom is -0.496 e. The van der Waals surface area contributed by atoms with E-state index in [-0.39, 0.29) is 24.5 Å². The van der Waals surface area contributed by atoms with Crippen molar-refractivity contribution in [3.63, 3.8) is 0 Å². The first kappa shape index (κ1) is 14.3. The third-order valence-corrected chi connectivity index (χ3v) is 2.79. The number of nitrogens with two attached hydrogens (primary N) is 1. The maximum Gasteiger partial charge on any atom is 0.255 e. The van der Waals surface area contributed by atoms with Crippen molar-refractivity contribution in [2.75, 3.05) is 19.5 Å². The van der Waals surface area contributed by atoms with Gasteiger partial charge in [0.1, 0.15) is 5.75 Å². The number of nitrogen functional groups attached to an aromatic ring is 1. The Morgan fingerprint density at radius 1 is 1.50 bits per heavy atom. The van der Waals surface area contributed by atoms with Crippen LogP contribution < -0.4 is 15.8 Å². The fourth-order valence-electron chi connectivity index (χ4n) is 1.57. The van der Waals surface area contributed by atoms with Crippen molar-refractivity contribution in [3.05, 3.63) is 23.8 Å². The lowest BCUT2D eigenvalue weighted by atomic mass is 10.0. The lowest BCUT2D eigenvalue weighted by molar-refractivity contribution is 0.0894. The number of amides is 1. The number of hydrogen-bond acceptors (Lipinski definition) is 4. The summed E-state index contributed by atoms with van der Waals surface area (Å²) < 4.78 is 5.12. The maximum atomic E-state index is 12.1. The number of carbonyl (C=O) groups excluding carboxylic acids is 1. The molecular weight excluding hydrogens is 232 g/mol. The molecule has 1 aromatic carbocycles. The summed E-state index contributed by atoms with van der Waals surface area (Å²) in [7, 11) is 1.49. The van der Waals surface area contributed by atoms with E-state index in [1.54, 1.807) is 18.2 Å². The summed E-state index contributed by atoms with van der Waals surface area (Å²) in [5.74, 6) is 0.306. The molecule has 1 amide bonds. The van der Waals surface area contributed by atoms with Crippen LogP contribution in [-0.2, 0) is 0 Å². The summed E-state index contributed by atoms with van der Waals surface area (Å²) in [5, 5.41) is 12.0. The number of nitrogens with one attached hydrogen (secondary N) is 1. The highest BCUT2D eigenvalue weighted by atomic mass is 16.5. The molecule has 0 saturated heterocycles. The normalized spacial score (nSPS) is 12.3. The molecule has 1 aromatic rings. The quantitative estimate of drug-likeness (QED) is 0.683. The Morgan fingerprint density at radius 2 is 2.17 bits per heavy atom. The van der Waals surface area contributed by atoms with Gasteiger partial charge in [-0.15, -0.1) is 0 Å². The molecule has 18 heavy (non-hydrogen) atoms. The second-order valence-electron chi connectivity index (χ2n) is 4.47. The standard InChI is InChI=1S/C13H20N2O3/c1-8(2)11(7-16)15-13(17)10-6-9(14)4-5-12(10)18-3/h4-6,8,11,16H,7,14H2,1-3H3,(H,15,17). The Balaban J connectivity index is 2.92. The molecule has 5 nitrogen and oxygen atoms in total. The van der Waals surface area contributed by atoms with E-state index in [1.807, 2.05) is 13.8 Å². The first-order valence-corrected chi connectivity index (χ1v) is 5.84. The van der Waals surface area contributed by atoms with Crippen molar-refractivity contribution in [1.29, 1.82) is 0 Å². The molecule has 4 N–H and O–H groups in total. The van der Waals surface area contributed by atoms with Crippen LogP contribution >= 0.6 is 0 Å². The Morgan fingerprint density at radius 3 is 2.67 bits per heavy atom. The summed E-state index contributed by atoms with van der Waals surface area (Å²) in [4.78, 5) is 12.1. The van der Waals surface area contributed by atoms with E-state index in [9.17, 15) is 9.90 Å². The van der Waals surface area contributed by atoms with Gasteiger partial charge in [-0.1, -0.05) is 13.8 Å². The minimum absolute atomic E-state index is 0.103. The summed E-state index contributed by atoms with van der Waals surface area (Å²) >= 11 is 0. The molecule has 0 aliphatic carbocycles. The van der Waals surface area contributed by atoms with Crippen LogP contribution in [0.25, 0.3) is 0 Å². The molecular formula is C13H20N2O3. The molecule has 0 radical (unpaired) electrons. The van der Waals surface area contributed by atoms with Crippen LogP contribution in [0.5, 0.6) is 5.75 Å². The van der Waals surface area contributed by atoms with Crippen molar-refractivity contribution in [1.82, 2.24) is 5.32 Å². The van der Waals surface area contributed by atoms with E-state index in [0.717, 1.165) is 0 Å². The van der Waals surface area contributed by atoms with Gasteiger partial charge in [-0.05, 0) is 24.1 Å². The van der Waals surface area contributed by atoms with Crippen molar-refractivity contribution < 1.29 is 14.6 Å². The first-order valence-electron chi connectivity index (χ1n) is 5.84. The van der Waals surface area contributed by atoms with Gasteiger partial charge in [-0.25, -0.2) is 0 Å². The fourth-order valence-corrected chi connectivity index (χ4v) is 1.57. The largest absolute Gasteiger partial charge is 0.496 e. The smallest absolute Gasteiger partial charge is 0.255 e. The maximum absolute atomic E-state index is 12.1. The monoisotopic (exact) mass is 252 g/mol. The molecule has 0 aromatic heterocycles. The third-order valence-electron chi connectivity index (χ3n) is 2.79. The van der Waals surface area contributed by atoms with Gasteiger partial charge in [0.2, 0.25) is 0 Å². The van der Waals surface area contributed by atoms with Crippen molar-refractivity contribution in [2.24, 2.45) is 5.92 Å². The van der Waals surface area contributed by atoms with Gasteiger partial charge in [0.05, 0.1) is 25.3 Å². The lowest BCUT2D eigenvalue weighted by Crippen LogP contribution is -2.41. The average molecular weight is 252 g/mol. The SMILES string of the molecule is COc1ccc(N)cc1C(=O)NC(CO)C(C)C. The molecule has 0 spiro atoms. The Hall–Kier alpha value is -1.75. The van der Waals surface area contributed by atoms with Gasteiger partial charge in [-0.3, -0.25) is 4.79 Å². The molecule has 100 valence electrons. The van der Waals surface area contributed by atoms with Crippen molar-refractivity contribution >= 4 is 11.6 Å². The second kappa shape index (κ2) is 6.26. The van der Waals surface area contributed by atoms with Crippen LogP contribution in [0.15, 0.2) is 18.2 Å². The highest BCUT2D eigenvalue weighted by Gasteiger charge is 2.19. The molecule has 0 bridgehead atoms. The Kier molecular flexibility index (Phi) is 4.97. The first-order chi connectivity index (χ1) is 8.49. The summed E-state index contributed by atoms with van der Waals surface area (Å²) in [6.07, 6.45) is 0. The van der Waals surface area contributed by atoms with E-state index in [2.05, 4.69) is 5.32 Å². The number of methoxy groups -OCH3 is 1. The zero-order valence-electron chi connectivity index (χ0n) is 10.9. The molecule has 1 unspecified atom stereocenters. The number of benzene rings is 1. The zero-order valence-corrected chi connectivity index (χ0v) is 10.9. The molecule has 1 atom stereocenters. The van der Waals surface area contributed by atoms with Crippen LogP contribution in [-0.4, -0.2) is 30.8 Å². The highest BCUT2D eigenvalue weighted by molar-refractivity contribution is 5.98. The van der Waals surface area contributed by atoms with Gasteiger partial charge < -0.3 is 20.9 Å². The highest BCUT2D eigenvalue weighted by Crippen LogP contribution is 2.21. The topological polar surface area (TPSA) is 84.6 Å². The number of rotatable bonds is 5. The number of hydrogen-bond donors (Lipinski definition) is 3. The van der Waals surface area contributed by atoms with Crippen LogP contribution in [0.3, 0.4) is 0 Å². The average Bonchev–Trinajstić information content (AvgIpc) is 2.35. The van der Waals surface area contributed by atoms with Crippen LogP contribution in [0.1, 0.15) is 24.2 Å². The lowest BCUT2D eigenvalue weighted by Gasteiger charge is -2.20. The number of anilines is 1. The fraction of sp³-hybridized carbons (Fsp3) is 0.462. The molecule has 0 heterocycles. The van der Waals surface area contributed by atoms with E-state index < -0.39 is 0 Å².